The van der Waals surface area contributed by atoms with Crippen molar-refractivity contribution in [2.24, 2.45) is 0 Å². The molecule has 0 aliphatic heterocycles. The molecule has 96 valence electrons. The zero-order chi connectivity index (χ0) is 13.6. The maximum Gasteiger partial charge on any atom is 0.206 e. The van der Waals surface area contributed by atoms with Crippen molar-refractivity contribution >= 4 is 40.2 Å². The van der Waals surface area contributed by atoms with Crippen LogP contribution in [0.1, 0.15) is 0 Å². The maximum atomic E-state index is 14.0. The van der Waals surface area contributed by atoms with Crippen LogP contribution in [0.5, 0.6) is 0 Å². The molecule has 0 saturated carbocycles. The second-order valence-corrected chi connectivity index (χ2v) is 4.91. The zero-order valence-electron chi connectivity index (χ0n) is 9.57. The van der Waals surface area contributed by atoms with Crippen molar-refractivity contribution < 1.29 is 4.39 Å². The normalized spacial score (nSPS) is 11.1. The Morgan fingerprint density at radius 2 is 1.74 bits per heavy atom. The SMILES string of the molecule is Nc1nc2ccc(Cl)cc2n1-c1ccc(Cl)cc1F. The minimum absolute atomic E-state index is 0.193. The van der Waals surface area contributed by atoms with Crippen LogP contribution >= 0.6 is 23.2 Å². The Morgan fingerprint density at radius 1 is 1.05 bits per heavy atom. The molecule has 6 heteroatoms. The van der Waals surface area contributed by atoms with Gasteiger partial charge in [-0.2, -0.15) is 0 Å². The number of fused-ring (bicyclic) bond motifs is 1. The fourth-order valence-electron chi connectivity index (χ4n) is 1.98. The first kappa shape index (κ1) is 12.3. The number of rotatable bonds is 1. The van der Waals surface area contributed by atoms with E-state index in [9.17, 15) is 4.39 Å². The highest BCUT2D eigenvalue weighted by molar-refractivity contribution is 6.31. The van der Waals surface area contributed by atoms with Crippen LogP contribution in [0, 0.1) is 5.82 Å². The Labute approximate surface area is 118 Å². The standard InChI is InChI=1S/C13H8Cl2FN3/c14-7-2-4-11(9(16)5-7)19-12-6-8(15)1-3-10(12)18-13(19)17/h1-6H,(H2,17,18). The summed E-state index contributed by atoms with van der Waals surface area (Å²) in [7, 11) is 0. The molecule has 1 aromatic heterocycles. The smallest absolute Gasteiger partial charge is 0.206 e. The molecule has 1 heterocycles. The highest BCUT2D eigenvalue weighted by Crippen LogP contribution is 2.28. The van der Waals surface area contributed by atoms with Gasteiger partial charge in [0.15, 0.2) is 0 Å². The molecular formula is C13H8Cl2FN3. The molecule has 19 heavy (non-hydrogen) atoms. The van der Waals surface area contributed by atoms with Gasteiger partial charge in [-0.3, -0.25) is 4.57 Å². The molecule has 0 bridgehead atoms. The second-order valence-electron chi connectivity index (χ2n) is 4.03. The third kappa shape index (κ3) is 2.03. The summed E-state index contributed by atoms with van der Waals surface area (Å²) < 4.78 is 15.5. The Hall–Kier alpha value is -1.78. The van der Waals surface area contributed by atoms with Crippen molar-refractivity contribution in [3.8, 4) is 5.69 Å². The van der Waals surface area contributed by atoms with Crippen LogP contribution in [-0.4, -0.2) is 9.55 Å². The number of halogens is 3. The molecule has 0 unspecified atom stereocenters. The first-order valence-corrected chi connectivity index (χ1v) is 6.21. The van der Waals surface area contributed by atoms with Gasteiger partial charge >= 0.3 is 0 Å². The van der Waals surface area contributed by atoms with Crippen LogP contribution < -0.4 is 5.73 Å². The summed E-state index contributed by atoms with van der Waals surface area (Å²) in [5.74, 6) is -0.281. The lowest BCUT2D eigenvalue weighted by Gasteiger charge is -2.08. The average molecular weight is 296 g/mol. The fourth-order valence-corrected chi connectivity index (χ4v) is 2.31. The second kappa shape index (κ2) is 4.40. The van der Waals surface area contributed by atoms with Crippen molar-refractivity contribution in [3.05, 3.63) is 52.3 Å². The van der Waals surface area contributed by atoms with Crippen LogP contribution in [0.4, 0.5) is 10.3 Å². The van der Waals surface area contributed by atoms with Crippen molar-refractivity contribution in [2.75, 3.05) is 5.73 Å². The van der Waals surface area contributed by atoms with E-state index in [0.29, 0.717) is 21.1 Å². The lowest BCUT2D eigenvalue weighted by atomic mass is 10.2. The Bertz CT molecular complexity index is 783. The van der Waals surface area contributed by atoms with Gasteiger partial charge in [-0.15, -0.1) is 0 Å². The highest BCUT2D eigenvalue weighted by atomic mass is 35.5. The molecule has 2 N–H and O–H groups in total. The number of hydrogen-bond acceptors (Lipinski definition) is 2. The van der Waals surface area contributed by atoms with Crippen molar-refractivity contribution in [2.45, 2.75) is 0 Å². The molecule has 0 fully saturated rings. The molecule has 2 aromatic carbocycles. The molecule has 0 spiro atoms. The average Bonchev–Trinajstić information content (AvgIpc) is 2.65. The van der Waals surface area contributed by atoms with E-state index >= 15 is 0 Å². The van der Waals surface area contributed by atoms with Crippen LogP contribution in [0.3, 0.4) is 0 Å². The van der Waals surface area contributed by atoms with Crippen LogP contribution in [0.25, 0.3) is 16.7 Å². The molecule has 3 aromatic rings. The number of anilines is 1. The Balaban J connectivity index is 2.35. The fraction of sp³-hybridized carbons (Fsp3) is 0. The van der Waals surface area contributed by atoms with E-state index in [1.54, 1.807) is 30.3 Å². The topological polar surface area (TPSA) is 43.8 Å². The molecular weight excluding hydrogens is 288 g/mol. The van der Waals surface area contributed by atoms with Crippen LogP contribution in [-0.2, 0) is 0 Å². The van der Waals surface area contributed by atoms with Crippen molar-refractivity contribution in [1.29, 1.82) is 0 Å². The highest BCUT2D eigenvalue weighted by Gasteiger charge is 2.14. The van der Waals surface area contributed by atoms with Gasteiger partial charge in [-0.05, 0) is 36.4 Å². The molecule has 0 aliphatic rings. The van der Waals surface area contributed by atoms with E-state index < -0.39 is 5.82 Å². The summed E-state index contributed by atoms with van der Waals surface area (Å²) in [5, 5.41) is 0.852. The van der Waals surface area contributed by atoms with E-state index in [-0.39, 0.29) is 11.6 Å². The minimum Gasteiger partial charge on any atom is -0.369 e. The van der Waals surface area contributed by atoms with E-state index in [0.717, 1.165) is 0 Å². The molecule has 0 atom stereocenters. The Kier molecular flexibility index (Phi) is 2.84. The van der Waals surface area contributed by atoms with Gasteiger partial charge in [0.25, 0.3) is 0 Å². The first-order chi connectivity index (χ1) is 9.06. The molecule has 0 radical (unpaired) electrons. The summed E-state index contributed by atoms with van der Waals surface area (Å²) in [6.07, 6.45) is 0. The minimum atomic E-state index is -0.474. The van der Waals surface area contributed by atoms with Gasteiger partial charge in [-0.25, -0.2) is 9.37 Å². The van der Waals surface area contributed by atoms with E-state index in [1.165, 1.54) is 10.6 Å². The summed E-state index contributed by atoms with van der Waals surface area (Å²) in [5.41, 5.74) is 7.43. The van der Waals surface area contributed by atoms with Gasteiger partial charge < -0.3 is 5.73 Å². The van der Waals surface area contributed by atoms with Gasteiger partial charge in [0.05, 0.1) is 16.7 Å². The lowest BCUT2D eigenvalue weighted by Crippen LogP contribution is -2.02. The number of nitrogens with two attached hydrogens (primary N) is 1. The molecule has 0 aliphatic carbocycles. The largest absolute Gasteiger partial charge is 0.369 e. The van der Waals surface area contributed by atoms with Crippen LogP contribution in [0.2, 0.25) is 10.0 Å². The molecule has 3 nitrogen and oxygen atoms in total. The molecule has 0 amide bonds. The van der Waals surface area contributed by atoms with E-state index in [2.05, 4.69) is 4.98 Å². The first-order valence-electron chi connectivity index (χ1n) is 5.45. The van der Waals surface area contributed by atoms with Gasteiger partial charge in [-0.1, -0.05) is 23.2 Å². The zero-order valence-corrected chi connectivity index (χ0v) is 11.1. The number of nitrogen functional groups attached to an aromatic ring is 1. The monoisotopic (exact) mass is 295 g/mol. The summed E-state index contributed by atoms with van der Waals surface area (Å²) in [4.78, 5) is 4.18. The predicted molar refractivity (Wildman–Crippen MR) is 75.5 cm³/mol. The maximum absolute atomic E-state index is 14.0. The Morgan fingerprint density at radius 3 is 2.47 bits per heavy atom. The quantitative estimate of drug-likeness (QED) is 0.736. The number of imidazole rings is 1. The summed E-state index contributed by atoms with van der Waals surface area (Å²) >= 11 is 11.7. The third-order valence-corrected chi connectivity index (χ3v) is 3.26. The summed E-state index contributed by atoms with van der Waals surface area (Å²) in [6.45, 7) is 0. The van der Waals surface area contributed by atoms with Gasteiger partial charge in [0.1, 0.15) is 5.82 Å². The molecule has 0 saturated heterocycles. The number of benzene rings is 2. The van der Waals surface area contributed by atoms with E-state index in [1.807, 2.05) is 0 Å². The van der Waals surface area contributed by atoms with Crippen molar-refractivity contribution in [3.63, 3.8) is 0 Å². The van der Waals surface area contributed by atoms with Crippen molar-refractivity contribution in [1.82, 2.24) is 9.55 Å². The molecule has 3 rings (SSSR count). The van der Waals surface area contributed by atoms with E-state index in [4.69, 9.17) is 28.9 Å². The predicted octanol–water partition coefficient (Wildman–Crippen LogP) is 4.05. The summed E-state index contributed by atoms with van der Waals surface area (Å²) in [6, 6.07) is 9.50. The third-order valence-electron chi connectivity index (χ3n) is 2.79. The van der Waals surface area contributed by atoms with Gasteiger partial charge in [0, 0.05) is 10.0 Å². The number of hydrogen-bond donors (Lipinski definition) is 1. The van der Waals surface area contributed by atoms with Gasteiger partial charge in [0.2, 0.25) is 5.95 Å². The number of aromatic nitrogens is 2. The lowest BCUT2D eigenvalue weighted by molar-refractivity contribution is 0.620. The van der Waals surface area contributed by atoms with Crippen LogP contribution in [0.15, 0.2) is 36.4 Å². The number of nitrogens with zero attached hydrogens (tertiary/aromatic N) is 2.